The van der Waals surface area contributed by atoms with Crippen LogP contribution in [0.15, 0.2) is 54.6 Å². The summed E-state index contributed by atoms with van der Waals surface area (Å²) in [6.45, 7) is 17.0. The summed E-state index contributed by atoms with van der Waals surface area (Å²) in [6.07, 6.45) is 41.9. The zero-order valence-electron chi connectivity index (χ0n) is 51.1. The van der Waals surface area contributed by atoms with Crippen LogP contribution in [-0.4, -0.2) is 49.6 Å². The van der Waals surface area contributed by atoms with Gasteiger partial charge in [-0.3, -0.25) is 0 Å². The van der Waals surface area contributed by atoms with Crippen LogP contribution in [0.5, 0.6) is 34.5 Å². The quantitative estimate of drug-likeness (QED) is 0.0405. The van der Waals surface area contributed by atoms with Crippen LogP contribution < -0.4 is 28.4 Å². The van der Waals surface area contributed by atoms with Gasteiger partial charge in [-0.05, 0) is 81.0 Å². The van der Waals surface area contributed by atoms with Crippen LogP contribution in [-0.2, 0) is 0 Å². The fourth-order valence-electron chi connectivity index (χ4n) is 10.0. The second-order valence-corrected chi connectivity index (χ2v) is 22.3. The van der Waals surface area contributed by atoms with E-state index in [9.17, 15) is 0 Å². The topological polar surface area (TPSA) is 81.2 Å². The van der Waals surface area contributed by atoms with Gasteiger partial charge in [0.2, 0.25) is 11.5 Å². The third-order valence-corrected chi connectivity index (χ3v) is 15.0. The maximum absolute atomic E-state index is 15.2. The molecule has 0 fully saturated rings. The highest BCUT2D eigenvalue weighted by Crippen LogP contribution is 2.45. The van der Waals surface area contributed by atoms with Gasteiger partial charge in [0.25, 0.3) is 0 Å². The number of halogens is 1. The van der Waals surface area contributed by atoms with Crippen LogP contribution in [0.1, 0.15) is 273 Å². The van der Waals surface area contributed by atoms with Gasteiger partial charge in [-0.25, -0.2) is 14.4 Å². The minimum absolute atomic E-state index is 0.329. The van der Waals surface area contributed by atoms with Gasteiger partial charge in [0, 0.05) is 16.7 Å². The van der Waals surface area contributed by atoms with E-state index >= 15 is 4.39 Å². The van der Waals surface area contributed by atoms with Crippen molar-refractivity contribution in [3.8, 4) is 68.4 Å². The summed E-state index contributed by atoms with van der Waals surface area (Å²) in [6, 6.07) is 16.8. The zero-order chi connectivity index (χ0) is 56.2. The average molecular weight is 1100 g/mol. The van der Waals surface area contributed by atoms with Crippen molar-refractivity contribution >= 4 is 0 Å². The normalized spacial score (nSPS) is 11.3. The van der Waals surface area contributed by atoms with E-state index in [0.29, 0.717) is 96.9 Å². The third kappa shape index (κ3) is 28.1. The number of unbranched alkanes of at least 4 members (excludes halogenated alkanes) is 30. The number of rotatable bonds is 51. The number of ether oxygens (including phenoxy) is 6. The summed E-state index contributed by atoms with van der Waals surface area (Å²) < 4.78 is 55.8. The first-order chi connectivity index (χ1) is 39.0. The molecule has 3 aromatic carbocycles. The Morgan fingerprint density at radius 3 is 0.886 bits per heavy atom. The fraction of sp³-hybridized carbons (Fsp3) is 0.686. The van der Waals surface area contributed by atoms with Gasteiger partial charge in [-0.1, -0.05) is 246 Å². The van der Waals surface area contributed by atoms with Crippen molar-refractivity contribution < 1.29 is 32.8 Å². The molecule has 79 heavy (non-hydrogen) atoms. The molecular formula is C70H111FN2O6. The lowest BCUT2D eigenvalue weighted by Gasteiger charge is -2.20. The summed E-state index contributed by atoms with van der Waals surface area (Å²) in [5, 5.41) is 0. The second-order valence-electron chi connectivity index (χ2n) is 22.3. The van der Waals surface area contributed by atoms with Crippen molar-refractivity contribution in [2.75, 3.05) is 39.6 Å². The van der Waals surface area contributed by atoms with Crippen molar-refractivity contribution in [3.63, 3.8) is 0 Å². The molecule has 0 radical (unpaired) electrons. The molecule has 0 spiro atoms. The Labute approximate surface area is 481 Å². The molecule has 0 saturated heterocycles. The molecule has 8 nitrogen and oxygen atoms in total. The Kier molecular flexibility index (Phi) is 37.4. The van der Waals surface area contributed by atoms with Gasteiger partial charge in [0.05, 0.1) is 51.0 Å². The molecule has 0 amide bonds. The summed E-state index contributed by atoms with van der Waals surface area (Å²) >= 11 is 0. The largest absolute Gasteiger partial charge is 0.490 e. The van der Waals surface area contributed by atoms with Crippen molar-refractivity contribution in [3.05, 3.63) is 60.4 Å². The number of nitrogens with zero attached hydrogens (tertiary/aromatic N) is 2. The molecule has 0 saturated carbocycles. The average Bonchev–Trinajstić information content (AvgIpc) is 3.50. The highest BCUT2D eigenvalue weighted by Gasteiger charge is 2.23. The van der Waals surface area contributed by atoms with Crippen LogP contribution in [0.25, 0.3) is 33.9 Å². The first-order valence-electron chi connectivity index (χ1n) is 32.7. The van der Waals surface area contributed by atoms with Gasteiger partial charge in [0.15, 0.2) is 28.8 Å². The van der Waals surface area contributed by atoms with E-state index in [-0.39, 0.29) is 5.82 Å². The smallest absolute Gasteiger partial charge is 0.203 e. The minimum Gasteiger partial charge on any atom is -0.490 e. The molecule has 9 heteroatoms. The lowest BCUT2D eigenvalue weighted by atomic mass is 10.0. The highest BCUT2D eigenvalue weighted by molar-refractivity contribution is 5.76. The van der Waals surface area contributed by atoms with Crippen molar-refractivity contribution in [2.45, 2.75) is 273 Å². The number of aromatic nitrogens is 2. The number of hydrogen-bond donors (Lipinski definition) is 0. The molecular weight excluding hydrogens is 984 g/mol. The minimum atomic E-state index is -0.329. The number of benzene rings is 3. The maximum Gasteiger partial charge on any atom is 0.203 e. The molecule has 1 heterocycles. The Morgan fingerprint density at radius 2 is 0.570 bits per heavy atom. The first-order valence-corrected chi connectivity index (χ1v) is 32.7. The zero-order valence-corrected chi connectivity index (χ0v) is 51.1. The van der Waals surface area contributed by atoms with Crippen molar-refractivity contribution in [2.24, 2.45) is 0 Å². The standard InChI is InChI=1S/C70H111FN2O6/c1-7-13-19-25-31-37-46-74-64-53-59(54-65(75-47-38-32-26-20-14-8-2)68(64)78-50-41-35-29-23-17-11-5)63-57-62(58-44-43-45-61(71)52-58)72-70(73-63)60-55-66(76-48-39-33-27-21-15-9-3)69(79-51-42-36-30-24-18-12-6)67(56-60)77-49-40-34-28-22-16-10-4/h43-45,52-57H,7-42,46-51H2,1-6H3. The molecule has 0 aliphatic heterocycles. The summed E-state index contributed by atoms with van der Waals surface area (Å²) in [5.41, 5.74) is 3.45. The molecule has 1 aromatic heterocycles. The molecule has 0 aliphatic carbocycles. The monoisotopic (exact) mass is 1090 g/mol. The van der Waals surface area contributed by atoms with E-state index in [1.807, 2.05) is 24.3 Å². The molecule has 0 N–H and O–H groups in total. The Bertz CT molecular complexity index is 1940. The number of hydrogen-bond acceptors (Lipinski definition) is 8. The Hall–Kier alpha value is -4.53. The van der Waals surface area contributed by atoms with Crippen molar-refractivity contribution in [1.29, 1.82) is 0 Å². The van der Waals surface area contributed by atoms with Gasteiger partial charge in [0.1, 0.15) is 5.82 Å². The van der Waals surface area contributed by atoms with Gasteiger partial charge in [-0.2, -0.15) is 0 Å². The molecule has 0 atom stereocenters. The summed E-state index contributed by atoms with van der Waals surface area (Å²) in [5.74, 6) is 4.04. The predicted molar refractivity (Wildman–Crippen MR) is 332 cm³/mol. The van der Waals surface area contributed by atoms with Gasteiger partial charge < -0.3 is 28.4 Å². The van der Waals surface area contributed by atoms with Crippen LogP contribution >= 0.6 is 0 Å². The van der Waals surface area contributed by atoms with Gasteiger partial charge >= 0.3 is 0 Å². The Balaban J connectivity index is 1.88. The van der Waals surface area contributed by atoms with E-state index in [1.165, 1.54) is 160 Å². The van der Waals surface area contributed by atoms with Crippen LogP contribution in [0.2, 0.25) is 0 Å². The lowest BCUT2D eigenvalue weighted by molar-refractivity contribution is 0.234. The predicted octanol–water partition coefficient (Wildman–Crippen LogP) is 22.1. The van der Waals surface area contributed by atoms with Crippen LogP contribution in [0.3, 0.4) is 0 Å². The van der Waals surface area contributed by atoms with E-state index in [2.05, 4.69) is 53.7 Å². The van der Waals surface area contributed by atoms with Gasteiger partial charge in [-0.15, -0.1) is 0 Å². The summed E-state index contributed by atoms with van der Waals surface area (Å²) in [7, 11) is 0. The second kappa shape index (κ2) is 44.2. The lowest BCUT2D eigenvalue weighted by Crippen LogP contribution is -2.08. The molecule has 4 rings (SSSR count). The molecule has 0 aliphatic rings. The van der Waals surface area contributed by atoms with Crippen LogP contribution in [0, 0.1) is 5.82 Å². The van der Waals surface area contributed by atoms with Crippen molar-refractivity contribution in [1.82, 2.24) is 9.97 Å². The Morgan fingerprint density at radius 1 is 0.291 bits per heavy atom. The maximum atomic E-state index is 15.2. The first kappa shape index (κ1) is 67.0. The summed E-state index contributed by atoms with van der Waals surface area (Å²) in [4.78, 5) is 10.7. The van der Waals surface area contributed by atoms with Crippen LogP contribution in [0.4, 0.5) is 4.39 Å². The highest BCUT2D eigenvalue weighted by atomic mass is 19.1. The molecule has 4 aromatic rings. The molecule has 444 valence electrons. The molecule has 0 unspecified atom stereocenters. The van der Waals surface area contributed by atoms with E-state index < -0.39 is 0 Å². The van der Waals surface area contributed by atoms with E-state index in [0.717, 1.165) is 88.2 Å². The SMILES string of the molecule is CCCCCCCCOc1cc(-c2cc(-c3cccc(F)c3)nc(-c3cc(OCCCCCCCC)c(OCCCCCCCC)c(OCCCCCCCC)c3)n2)cc(OCCCCCCCC)c1OCCCCCCCC. The fourth-order valence-corrected chi connectivity index (χ4v) is 10.0. The third-order valence-electron chi connectivity index (χ3n) is 15.0. The molecule has 0 bridgehead atoms. The van der Waals surface area contributed by atoms with E-state index in [4.69, 9.17) is 38.4 Å². The van der Waals surface area contributed by atoms with E-state index in [1.54, 1.807) is 12.1 Å².